The maximum absolute atomic E-state index is 14.1. The van der Waals surface area contributed by atoms with E-state index in [9.17, 15) is 14.7 Å². The van der Waals surface area contributed by atoms with Crippen LogP contribution in [0, 0.1) is 11.8 Å². The third kappa shape index (κ3) is 5.35. The quantitative estimate of drug-likeness (QED) is 0.414. The van der Waals surface area contributed by atoms with Crippen molar-refractivity contribution in [3.05, 3.63) is 40.3 Å². The van der Waals surface area contributed by atoms with Crippen molar-refractivity contribution in [3.8, 4) is 0 Å². The molecule has 6 atom stereocenters. The highest BCUT2D eigenvalue weighted by Crippen LogP contribution is 2.44. The van der Waals surface area contributed by atoms with Crippen molar-refractivity contribution >= 4 is 22.7 Å². The van der Waals surface area contributed by atoms with Crippen molar-refractivity contribution in [3.63, 3.8) is 0 Å². The van der Waals surface area contributed by atoms with Gasteiger partial charge < -0.3 is 19.2 Å². The lowest BCUT2D eigenvalue weighted by atomic mass is 9.75. The highest BCUT2D eigenvalue weighted by atomic mass is 16.6. The molecule has 210 valence electrons. The van der Waals surface area contributed by atoms with Gasteiger partial charge in [0.1, 0.15) is 12.8 Å². The molecule has 0 amide bonds. The molecule has 2 saturated carbocycles. The second-order valence-electron chi connectivity index (χ2n) is 12.0. The summed E-state index contributed by atoms with van der Waals surface area (Å²) in [6.45, 7) is 1.41. The lowest BCUT2D eigenvalue weighted by Crippen LogP contribution is -2.62. The molecule has 1 aromatic heterocycles. The molecule has 4 bridgehead atoms. The molecule has 2 unspecified atom stereocenters. The molecule has 2 aliphatic carbocycles. The average molecular weight is 537 g/mol. The average Bonchev–Trinajstić information content (AvgIpc) is 3.09. The Labute approximate surface area is 229 Å². The maximum Gasteiger partial charge on any atom is 0.303 e. The number of benzene rings is 1. The number of hydrogen-bond acceptors (Lipinski definition) is 7. The number of oxime groups is 1. The molecule has 9 nitrogen and oxygen atoms in total. The van der Waals surface area contributed by atoms with Crippen LogP contribution in [0.3, 0.4) is 0 Å². The van der Waals surface area contributed by atoms with E-state index in [-0.39, 0.29) is 47.9 Å². The predicted octanol–water partition coefficient (Wildman–Crippen LogP) is 4.38. The van der Waals surface area contributed by atoms with Gasteiger partial charge in [-0.3, -0.25) is 14.5 Å². The van der Waals surface area contributed by atoms with Crippen LogP contribution in [-0.4, -0.2) is 69.7 Å². The van der Waals surface area contributed by atoms with Gasteiger partial charge in [0, 0.05) is 30.6 Å². The Morgan fingerprint density at radius 2 is 1.69 bits per heavy atom. The molecular weight excluding hydrogens is 496 g/mol. The van der Waals surface area contributed by atoms with Crippen molar-refractivity contribution in [2.24, 2.45) is 17.0 Å². The number of nitrogens with zero attached hydrogens (tertiary/aromatic N) is 4. The standard InChI is InChI=1S/C30H40N4O5/c1-38-32-26(10-11-28(35)36)29-30(37)34(27-9-5-4-8-25(27)31-29)22-15-23-17-39-18-24(16-22)33(23)21-13-19-6-2-3-7-20(12-19)14-21/h4-5,8-9,19-24H,2-3,6-7,10-18H2,1H3,(H,35,36)/t19-,20+,21?,22?,23-,24+. The molecule has 9 heteroatoms. The lowest BCUT2D eigenvalue weighted by molar-refractivity contribution is -0.136. The Balaban J connectivity index is 1.34. The van der Waals surface area contributed by atoms with Gasteiger partial charge in [-0.1, -0.05) is 43.0 Å². The molecular formula is C30H40N4O5. The number of aliphatic carboxylic acids is 1. The second-order valence-corrected chi connectivity index (χ2v) is 12.0. The number of carboxylic acid groups (broad SMARTS) is 1. The lowest BCUT2D eigenvalue weighted by Gasteiger charge is -2.54. The minimum absolute atomic E-state index is 0.00781. The highest BCUT2D eigenvalue weighted by molar-refractivity contribution is 6.00. The first-order valence-electron chi connectivity index (χ1n) is 14.7. The largest absolute Gasteiger partial charge is 0.481 e. The van der Waals surface area contributed by atoms with Gasteiger partial charge in [-0.25, -0.2) is 4.98 Å². The number of ether oxygens (including phenoxy) is 1. The molecule has 6 rings (SSSR count). The van der Waals surface area contributed by atoms with E-state index in [0.29, 0.717) is 24.8 Å². The van der Waals surface area contributed by atoms with Crippen molar-refractivity contribution in [2.75, 3.05) is 20.3 Å². The van der Waals surface area contributed by atoms with Crippen LogP contribution in [-0.2, 0) is 14.4 Å². The molecule has 2 aromatic rings. The molecule has 2 saturated heterocycles. The fourth-order valence-corrected chi connectivity index (χ4v) is 8.08. The number of rotatable bonds is 7. The minimum atomic E-state index is -0.956. The summed E-state index contributed by atoms with van der Waals surface area (Å²) < 4.78 is 8.00. The minimum Gasteiger partial charge on any atom is -0.481 e. The van der Waals surface area contributed by atoms with E-state index in [1.54, 1.807) is 0 Å². The van der Waals surface area contributed by atoms with Crippen LogP contribution in [0.1, 0.15) is 82.4 Å². The molecule has 2 aliphatic heterocycles. The summed E-state index contributed by atoms with van der Waals surface area (Å²) in [6, 6.07) is 8.91. The van der Waals surface area contributed by atoms with Gasteiger partial charge in [0.2, 0.25) is 0 Å². The number of para-hydroxylation sites is 2. The van der Waals surface area contributed by atoms with Crippen LogP contribution in [0.25, 0.3) is 11.0 Å². The molecule has 0 radical (unpaired) electrons. The summed E-state index contributed by atoms with van der Waals surface area (Å²) in [6.07, 6.45) is 11.2. The van der Waals surface area contributed by atoms with Crippen LogP contribution >= 0.6 is 0 Å². The summed E-state index contributed by atoms with van der Waals surface area (Å²) in [4.78, 5) is 37.8. The van der Waals surface area contributed by atoms with Gasteiger partial charge in [-0.2, -0.15) is 0 Å². The summed E-state index contributed by atoms with van der Waals surface area (Å²) in [5.74, 6) is 0.756. The highest BCUT2D eigenvalue weighted by Gasteiger charge is 2.45. The van der Waals surface area contributed by atoms with E-state index < -0.39 is 5.97 Å². The van der Waals surface area contributed by atoms with Gasteiger partial charge in [0.25, 0.3) is 5.56 Å². The molecule has 1 aromatic carbocycles. The van der Waals surface area contributed by atoms with Gasteiger partial charge in [0.15, 0.2) is 5.69 Å². The number of hydrogen-bond donors (Lipinski definition) is 1. The molecule has 0 spiro atoms. The molecule has 4 fully saturated rings. The zero-order valence-corrected chi connectivity index (χ0v) is 22.8. The maximum atomic E-state index is 14.1. The Bertz CT molecular complexity index is 1260. The number of piperidine rings is 1. The molecule has 1 N–H and O–H groups in total. The zero-order valence-electron chi connectivity index (χ0n) is 22.8. The SMILES string of the molecule is CON=C(CCC(=O)O)c1nc2ccccc2n(C2C[C@H]3COC[C@@H](C2)N3C2C[C@H]3CCCC[C@@H](C2)C3)c1=O. The molecule has 39 heavy (non-hydrogen) atoms. The van der Waals surface area contributed by atoms with Crippen molar-refractivity contribution < 1.29 is 19.5 Å². The van der Waals surface area contributed by atoms with E-state index in [1.165, 1.54) is 52.1 Å². The van der Waals surface area contributed by atoms with Crippen molar-refractivity contribution in [2.45, 2.75) is 94.8 Å². The van der Waals surface area contributed by atoms with Gasteiger partial charge in [-0.05, 0) is 56.1 Å². The second kappa shape index (κ2) is 11.4. The van der Waals surface area contributed by atoms with Crippen LogP contribution in [0.5, 0.6) is 0 Å². The number of carbonyl (C=O) groups is 1. The third-order valence-corrected chi connectivity index (χ3v) is 9.54. The van der Waals surface area contributed by atoms with Crippen LogP contribution in [0.2, 0.25) is 0 Å². The summed E-state index contributed by atoms with van der Waals surface area (Å²) in [5.41, 5.74) is 1.73. The fraction of sp³-hybridized carbons (Fsp3) is 0.667. The molecule has 3 heterocycles. The number of carboxylic acids is 1. The van der Waals surface area contributed by atoms with Crippen molar-refractivity contribution in [1.82, 2.24) is 14.5 Å². The topological polar surface area (TPSA) is 106 Å². The van der Waals surface area contributed by atoms with Gasteiger partial charge in [-0.15, -0.1) is 0 Å². The van der Waals surface area contributed by atoms with E-state index >= 15 is 0 Å². The first-order valence-corrected chi connectivity index (χ1v) is 14.7. The number of fused-ring (bicyclic) bond motifs is 5. The smallest absolute Gasteiger partial charge is 0.303 e. The van der Waals surface area contributed by atoms with Crippen LogP contribution in [0.15, 0.2) is 34.2 Å². The monoisotopic (exact) mass is 536 g/mol. The van der Waals surface area contributed by atoms with E-state index in [0.717, 1.165) is 30.2 Å². The number of aromatic nitrogens is 2. The van der Waals surface area contributed by atoms with Crippen LogP contribution in [0.4, 0.5) is 0 Å². The predicted molar refractivity (Wildman–Crippen MR) is 148 cm³/mol. The van der Waals surface area contributed by atoms with E-state index in [2.05, 4.69) is 15.0 Å². The summed E-state index contributed by atoms with van der Waals surface area (Å²) >= 11 is 0. The third-order valence-electron chi connectivity index (χ3n) is 9.54. The Morgan fingerprint density at radius 1 is 1.00 bits per heavy atom. The summed E-state index contributed by atoms with van der Waals surface area (Å²) in [7, 11) is 1.40. The van der Waals surface area contributed by atoms with E-state index in [4.69, 9.17) is 9.57 Å². The zero-order chi connectivity index (χ0) is 26.9. The Hall–Kier alpha value is -2.78. The first-order chi connectivity index (χ1) is 19.0. The van der Waals surface area contributed by atoms with E-state index in [1.807, 2.05) is 28.8 Å². The Morgan fingerprint density at radius 3 is 2.36 bits per heavy atom. The summed E-state index contributed by atoms with van der Waals surface area (Å²) in [5, 5.41) is 13.3. The first kappa shape index (κ1) is 26.4. The molecule has 4 aliphatic rings. The fourth-order valence-electron chi connectivity index (χ4n) is 8.08. The Kier molecular flexibility index (Phi) is 7.71. The normalized spacial score (nSPS) is 31.6. The van der Waals surface area contributed by atoms with Gasteiger partial charge >= 0.3 is 5.97 Å². The number of morpholine rings is 1. The van der Waals surface area contributed by atoms with Crippen molar-refractivity contribution in [1.29, 1.82) is 0 Å². The van der Waals surface area contributed by atoms with Gasteiger partial charge in [0.05, 0.1) is 30.7 Å². The van der Waals surface area contributed by atoms with Crippen LogP contribution < -0.4 is 5.56 Å².